The van der Waals surface area contributed by atoms with Gasteiger partial charge in [-0.1, -0.05) is 11.3 Å². The average Bonchev–Trinajstić information content (AvgIpc) is 2.77. The normalized spacial score (nSPS) is 13.6. The van der Waals surface area contributed by atoms with Gasteiger partial charge in [-0.25, -0.2) is 4.98 Å². The van der Waals surface area contributed by atoms with E-state index in [9.17, 15) is 9.59 Å². The largest absolute Gasteiger partial charge is 0.474 e. The zero-order chi connectivity index (χ0) is 16.6. The first-order valence-electron chi connectivity index (χ1n) is 7.54. The Bertz CT molecular complexity index is 809. The molecular formula is C16H19N3O3S. The smallest absolute Gasteiger partial charge is 0.307 e. The molecule has 2 aromatic rings. The fourth-order valence-corrected chi connectivity index (χ4v) is 3.51. The Morgan fingerprint density at radius 2 is 2.17 bits per heavy atom. The van der Waals surface area contributed by atoms with E-state index >= 15 is 0 Å². The lowest BCUT2D eigenvalue weighted by Crippen LogP contribution is -2.39. The highest BCUT2D eigenvalue weighted by Crippen LogP contribution is 2.30. The summed E-state index contributed by atoms with van der Waals surface area (Å²) in [5.41, 5.74) is 2.63. The molecule has 0 spiro atoms. The molecule has 0 aliphatic carbocycles. The van der Waals surface area contributed by atoms with Crippen LogP contribution in [0.15, 0.2) is 17.1 Å². The highest BCUT2D eigenvalue weighted by atomic mass is 32.1. The van der Waals surface area contributed by atoms with E-state index in [0.717, 1.165) is 16.1 Å². The standard InChI is InChI=1S/C16H19N3O3S/c1-10-8-13-15(17-9-10)22-7-6-19(13)14(20)4-5-18-11(2)12(3)23-16(18)21/h8-9H,4-7H2,1-3H3. The van der Waals surface area contributed by atoms with Crippen molar-refractivity contribution >= 4 is 22.9 Å². The first-order valence-corrected chi connectivity index (χ1v) is 8.35. The summed E-state index contributed by atoms with van der Waals surface area (Å²) in [7, 11) is 0. The van der Waals surface area contributed by atoms with E-state index in [4.69, 9.17) is 4.74 Å². The maximum absolute atomic E-state index is 12.6. The number of pyridine rings is 1. The molecule has 3 rings (SSSR count). The first-order chi connectivity index (χ1) is 11.0. The van der Waals surface area contributed by atoms with E-state index < -0.39 is 0 Å². The van der Waals surface area contributed by atoms with Gasteiger partial charge in [0.25, 0.3) is 0 Å². The molecular weight excluding hydrogens is 314 g/mol. The van der Waals surface area contributed by atoms with E-state index in [1.807, 2.05) is 26.8 Å². The van der Waals surface area contributed by atoms with Crippen LogP contribution in [0.4, 0.5) is 5.69 Å². The Morgan fingerprint density at radius 1 is 1.39 bits per heavy atom. The molecule has 122 valence electrons. The SMILES string of the molecule is Cc1cnc2c(c1)N(C(=O)CCn1c(C)c(C)sc1=O)CCO2. The second kappa shape index (κ2) is 6.16. The molecule has 0 saturated heterocycles. The number of nitrogens with zero attached hydrogens (tertiary/aromatic N) is 3. The van der Waals surface area contributed by atoms with Crippen LogP contribution in [0, 0.1) is 20.8 Å². The van der Waals surface area contributed by atoms with Crippen molar-refractivity contribution in [1.82, 2.24) is 9.55 Å². The number of rotatable bonds is 3. The average molecular weight is 333 g/mol. The summed E-state index contributed by atoms with van der Waals surface area (Å²) < 4.78 is 7.18. The molecule has 1 aliphatic rings. The van der Waals surface area contributed by atoms with Crippen LogP contribution in [0.2, 0.25) is 0 Å². The Labute approximate surface area is 138 Å². The number of hydrogen-bond donors (Lipinski definition) is 0. The van der Waals surface area contributed by atoms with Gasteiger partial charge in [0.2, 0.25) is 11.8 Å². The Hall–Kier alpha value is -2.15. The summed E-state index contributed by atoms with van der Waals surface area (Å²) >= 11 is 1.23. The minimum Gasteiger partial charge on any atom is -0.474 e. The number of fused-ring (bicyclic) bond motifs is 1. The van der Waals surface area contributed by atoms with Crippen molar-refractivity contribution in [3.8, 4) is 5.88 Å². The van der Waals surface area contributed by atoms with Gasteiger partial charge < -0.3 is 14.2 Å². The number of amides is 1. The van der Waals surface area contributed by atoms with Gasteiger partial charge in [-0.05, 0) is 32.4 Å². The van der Waals surface area contributed by atoms with Crippen molar-refractivity contribution in [3.63, 3.8) is 0 Å². The summed E-state index contributed by atoms with van der Waals surface area (Å²) in [6, 6.07) is 1.91. The first kappa shape index (κ1) is 15.7. The van der Waals surface area contributed by atoms with E-state index in [1.54, 1.807) is 15.7 Å². The number of aryl methyl sites for hydroxylation is 2. The quantitative estimate of drug-likeness (QED) is 0.862. The Kier molecular flexibility index (Phi) is 4.21. The van der Waals surface area contributed by atoms with Crippen molar-refractivity contribution in [2.75, 3.05) is 18.1 Å². The third-order valence-electron chi connectivity index (χ3n) is 4.04. The number of hydrogen-bond acceptors (Lipinski definition) is 5. The summed E-state index contributed by atoms with van der Waals surface area (Å²) in [6.07, 6.45) is 2.01. The molecule has 1 aliphatic heterocycles. The summed E-state index contributed by atoms with van der Waals surface area (Å²) in [4.78, 5) is 31.5. The third kappa shape index (κ3) is 3.01. The second-order valence-corrected chi connectivity index (χ2v) is 6.81. The van der Waals surface area contributed by atoms with Crippen molar-refractivity contribution in [3.05, 3.63) is 38.1 Å². The van der Waals surface area contributed by atoms with Crippen LogP contribution in [0.1, 0.15) is 22.6 Å². The number of aromatic nitrogens is 2. The predicted molar refractivity (Wildman–Crippen MR) is 89.5 cm³/mol. The van der Waals surface area contributed by atoms with Crippen LogP contribution in [-0.2, 0) is 11.3 Å². The van der Waals surface area contributed by atoms with Gasteiger partial charge in [-0.15, -0.1) is 0 Å². The second-order valence-electron chi connectivity index (χ2n) is 5.64. The molecule has 0 unspecified atom stereocenters. The molecule has 0 atom stereocenters. The monoisotopic (exact) mass is 333 g/mol. The molecule has 3 heterocycles. The summed E-state index contributed by atoms with van der Waals surface area (Å²) in [5, 5.41) is 0. The van der Waals surface area contributed by atoms with Crippen LogP contribution in [0.3, 0.4) is 0 Å². The zero-order valence-corrected chi connectivity index (χ0v) is 14.3. The minimum atomic E-state index is -0.0166. The van der Waals surface area contributed by atoms with Gasteiger partial charge in [-0.3, -0.25) is 9.59 Å². The summed E-state index contributed by atoms with van der Waals surface area (Å²) in [6.45, 7) is 7.11. The number of ether oxygens (including phenoxy) is 1. The molecule has 0 aromatic carbocycles. The van der Waals surface area contributed by atoms with Crippen LogP contribution in [0.25, 0.3) is 0 Å². The van der Waals surface area contributed by atoms with Crippen LogP contribution < -0.4 is 14.5 Å². The van der Waals surface area contributed by atoms with E-state index in [0.29, 0.717) is 31.3 Å². The lowest BCUT2D eigenvalue weighted by molar-refractivity contribution is -0.119. The van der Waals surface area contributed by atoms with Gasteiger partial charge in [0, 0.05) is 29.7 Å². The molecule has 0 fully saturated rings. The Balaban J connectivity index is 1.77. The van der Waals surface area contributed by atoms with Crippen LogP contribution in [0.5, 0.6) is 5.88 Å². The van der Waals surface area contributed by atoms with Crippen molar-refractivity contribution in [2.45, 2.75) is 33.7 Å². The lowest BCUT2D eigenvalue weighted by atomic mass is 10.2. The minimum absolute atomic E-state index is 0.00677. The lowest BCUT2D eigenvalue weighted by Gasteiger charge is -2.29. The van der Waals surface area contributed by atoms with Crippen LogP contribution >= 0.6 is 11.3 Å². The van der Waals surface area contributed by atoms with Gasteiger partial charge in [0.05, 0.1) is 6.54 Å². The van der Waals surface area contributed by atoms with Gasteiger partial charge in [-0.2, -0.15) is 0 Å². The number of carbonyl (C=O) groups is 1. The van der Waals surface area contributed by atoms with Crippen LogP contribution in [-0.4, -0.2) is 28.6 Å². The predicted octanol–water partition coefficient (Wildman–Crippen LogP) is 2.05. The highest BCUT2D eigenvalue weighted by Gasteiger charge is 2.25. The fourth-order valence-electron chi connectivity index (χ4n) is 2.65. The summed E-state index contributed by atoms with van der Waals surface area (Å²) in [5.74, 6) is 0.479. The van der Waals surface area contributed by atoms with Gasteiger partial charge >= 0.3 is 4.87 Å². The molecule has 23 heavy (non-hydrogen) atoms. The van der Waals surface area contributed by atoms with Crippen molar-refractivity contribution in [2.24, 2.45) is 0 Å². The van der Waals surface area contributed by atoms with E-state index in [1.165, 1.54) is 11.3 Å². The number of carbonyl (C=O) groups excluding carboxylic acids is 1. The number of anilines is 1. The Morgan fingerprint density at radius 3 is 2.87 bits per heavy atom. The number of thiazole rings is 1. The van der Waals surface area contributed by atoms with Gasteiger partial charge in [0.1, 0.15) is 12.3 Å². The maximum Gasteiger partial charge on any atom is 0.307 e. The molecule has 7 heteroatoms. The molecule has 0 N–H and O–H groups in total. The molecule has 0 saturated carbocycles. The molecule has 2 aromatic heterocycles. The highest BCUT2D eigenvalue weighted by molar-refractivity contribution is 7.09. The molecule has 0 bridgehead atoms. The van der Waals surface area contributed by atoms with Crippen molar-refractivity contribution in [1.29, 1.82) is 0 Å². The maximum atomic E-state index is 12.6. The topological polar surface area (TPSA) is 64.4 Å². The van der Waals surface area contributed by atoms with Crippen molar-refractivity contribution < 1.29 is 9.53 Å². The molecule has 0 radical (unpaired) electrons. The van der Waals surface area contributed by atoms with E-state index in [2.05, 4.69) is 4.98 Å². The third-order valence-corrected chi connectivity index (χ3v) is 5.04. The van der Waals surface area contributed by atoms with Gasteiger partial charge in [0.15, 0.2) is 0 Å². The fraction of sp³-hybridized carbons (Fsp3) is 0.438. The molecule has 1 amide bonds. The zero-order valence-electron chi connectivity index (χ0n) is 13.5. The molecule has 6 nitrogen and oxygen atoms in total. The van der Waals surface area contributed by atoms with E-state index in [-0.39, 0.29) is 17.2 Å².